The highest BCUT2D eigenvalue weighted by atomic mass is 19.2. The van der Waals surface area contributed by atoms with Crippen LogP contribution in [0.4, 0.5) is 14.5 Å². The van der Waals surface area contributed by atoms with E-state index in [2.05, 4.69) is 4.98 Å². The van der Waals surface area contributed by atoms with Gasteiger partial charge in [0.25, 0.3) is 0 Å². The van der Waals surface area contributed by atoms with Crippen LogP contribution in [0.2, 0.25) is 0 Å². The quantitative estimate of drug-likeness (QED) is 0.849. The van der Waals surface area contributed by atoms with Gasteiger partial charge in [0.05, 0.1) is 18.1 Å². The molecule has 82 valence electrons. The average Bonchev–Trinajstić information content (AvgIpc) is 2.25. The van der Waals surface area contributed by atoms with Gasteiger partial charge in [0.2, 0.25) is 5.82 Å². The molecule has 1 heterocycles. The molecule has 0 aliphatic carbocycles. The van der Waals surface area contributed by atoms with Gasteiger partial charge in [-0.3, -0.25) is 4.98 Å². The molecule has 1 aromatic heterocycles. The van der Waals surface area contributed by atoms with Crippen molar-refractivity contribution in [1.29, 1.82) is 0 Å². The minimum Gasteiger partial charge on any atom is -0.452 e. The third-order valence-corrected chi connectivity index (χ3v) is 1.88. The second kappa shape index (κ2) is 4.14. The zero-order chi connectivity index (χ0) is 11.5. The molecule has 0 saturated heterocycles. The van der Waals surface area contributed by atoms with Crippen molar-refractivity contribution in [2.75, 3.05) is 5.73 Å². The molecule has 0 amide bonds. The molecule has 0 radical (unpaired) electrons. The molecule has 1 aromatic carbocycles. The van der Waals surface area contributed by atoms with Gasteiger partial charge < -0.3 is 10.5 Å². The number of nitrogens with two attached hydrogens (primary N) is 1. The number of hydrogen-bond acceptors (Lipinski definition) is 3. The maximum absolute atomic E-state index is 13.2. The molecule has 16 heavy (non-hydrogen) atoms. The number of benzene rings is 1. The first-order chi connectivity index (χ1) is 7.66. The van der Waals surface area contributed by atoms with Gasteiger partial charge in [0, 0.05) is 6.07 Å². The Labute approximate surface area is 90.5 Å². The van der Waals surface area contributed by atoms with Gasteiger partial charge in [-0.15, -0.1) is 0 Å². The van der Waals surface area contributed by atoms with Gasteiger partial charge in [0.1, 0.15) is 5.75 Å². The largest absolute Gasteiger partial charge is 0.452 e. The maximum Gasteiger partial charge on any atom is 0.201 e. The van der Waals surface area contributed by atoms with Crippen molar-refractivity contribution < 1.29 is 13.5 Å². The predicted molar refractivity (Wildman–Crippen MR) is 55.1 cm³/mol. The SMILES string of the molecule is Nc1cncc(Oc2cccc(F)c2F)c1. The average molecular weight is 222 g/mol. The number of nitrogen functional groups attached to an aromatic ring is 1. The summed E-state index contributed by atoms with van der Waals surface area (Å²) < 4.78 is 31.2. The molecule has 0 aliphatic heterocycles. The van der Waals surface area contributed by atoms with Crippen LogP contribution in [0.25, 0.3) is 0 Å². The summed E-state index contributed by atoms with van der Waals surface area (Å²) in [6.45, 7) is 0. The summed E-state index contributed by atoms with van der Waals surface area (Å²) in [5, 5.41) is 0. The Kier molecular flexibility index (Phi) is 2.68. The summed E-state index contributed by atoms with van der Waals surface area (Å²) in [5.41, 5.74) is 5.85. The maximum atomic E-state index is 13.2. The van der Waals surface area contributed by atoms with E-state index in [1.54, 1.807) is 0 Å². The molecule has 0 unspecified atom stereocenters. The number of pyridine rings is 1. The normalized spacial score (nSPS) is 10.1. The summed E-state index contributed by atoms with van der Waals surface area (Å²) in [5.74, 6) is -1.95. The van der Waals surface area contributed by atoms with Crippen molar-refractivity contribution in [3.63, 3.8) is 0 Å². The Morgan fingerprint density at radius 2 is 2.00 bits per heavy atom. The van der Waals surface area contributed by atoms with Gasteiger partial charge >= 0.3 is 0 Å². The zero-order valence-electron chi connectivity index (χ0n) is 8.15. The van der Waals surface area contributed by atoms with Crippen LogP contribution in [-0.4, -0.2) is 4.98 Å². The van der Waals surface area contributed by atoms with Crippen LogP contribution in [0.3, 0.4) is 0 Å². The van der Waals surface area contributed by atoms with E-state index in [1.807, 2.05) is 0 Å². The van der Waals surface area contributed by atoms with Crippen LogP contribution in [0, 0.1) is 11.6 Å². The number of ether oxygens (including phenoxy) is 1. The van der Waals surface area contributed by atoms with Gasteiger partial charge in [-0.25, -0.2) is 4.39 Å². The Morgan fingerprint density at radius 1 is 1.19 bits per heavy atom. The van der Waals surface area contributed by atoms with E-state index in [1.165, 1.54) is 30.6 Å². The van der Waals surface area contributed by atoms with Crippen LogP contribution in [-0.2, 0) is 0 Å². The summed E-state index contributed by atoms with van der Waals surface area (Å²) >= 11 is 0. The van der Waals surface area contributed by atoms with Crippen LogP contribution in [0.15, 0.2) is 36.7 Å². The number of halogens is 2. The molecule has 0 bridgehead atoms. The molecular formula is C11H8F2N2O. The van der Waals surface area contributed by atoms with Crippen LogP contribution < -0.4 is 10.5 Å². The number of hydrogen-bond donors (Lipinski definition) is 1. The molecule has 2 N–H and O–H groups in total. The molecular weight excluding hydrogens is 214 g/mol. The minimum atomic E-state index is -1.04. The highest BCUT2D eigenvalue weighted by molar-refractivity contribution is 5.42. The third-order valence-electron chi connectivity index (χ3n) is 1.88. The number of anilines is 1. The predicted octanol–water partition coefficient (Wildman–Crippen LogP) is 2.73. The van der Waals surface area contributed by atoms with Crippen molar-refractivity contribution in [2.24, 2.45) is 0 Å². The molecule has 0 atom stereocenters. The number of aromatic nitrogens is 1. The minimum absolute atomic E-state index is 0.201. The summed E-state index contributed by atoms with van der Waals surface area (Å²) in [7, 11) is 0. The van der Waals surface area contributed by atoms with Crippen molar-refractivity contribution in [2.45, 2.75) is 0 Å². The Morgan fingerprint density at radius 3 is 2.75 bits per heavy atom. The summed E-state index contributed by atoms with van der Waals surface area (Å²) in [4.78, 5) is 3.77. The third kappa shape index (κ3) is 2.08. The van der Waals surface area contributed by atoms with Crippen molar-refractivity contribution >= 4 is 5.69 Å². The van der Waals surface area contributed by atoms with E-state index >= 15 is 0 Å². The highest BCUT2D eigenvalue weighted by Crippen LogP contribution is 2.25. The van der Waals surface area contributed by atoms with Crippen LogP contribution >= 0.6 is 0 Å². The van der Waals surface area contributed by atoms with Gasteiger partial charge in [-0.05, 0) is 12.1 Å². The lowest BCUT2D eigenvalue weighted by Gasteiger charge is -2.06. The molecule has 0 aliphatic rings. The first-order valence-electron chi connectivity index (χ1n) is 4.49. The van der Waals surface area contributed by atoms with Crippen LogP contribution in [0.5, 0.6) is 11.5 Å². The van der Waals surface area contributed by atoms with Gasteiger partial charge in [-0.2, -0.15) is 4.39 Å². The van der Waals surface area contributed by atoms with Crippen molar-refractivity contribution in [3.8, 4) is 11.5 Å². The lowest BCUT2D eigenvalue weighted by molar-refractivity contribution is 0.415. The Bertz CT molecular complexity index is 517. The fourth-order valence-corrected chi connectivity index (χ4v) is 1.18. The first kappa shape index (κ1) is 10.4. The van der Waals surface area contributed by atoms with Crippen molar-refractivity contribution in [3.05, 3.63) is 48.3 Å². The van der Waals surface area contributed by atoms with E-state index in [9.17, 15) is 8.78 Å². The molecule has 0 spiro atoms. The smallest absolute Gasteiger partial charge is 0.201 e. The van der Waals surface area contributed by atoms with Gasteiger partial charge in [-0.1, -0.05) is 6.07 Å². The highest BCUT2D eigenvalue weighted by Gasteiger charge is 2.09. The fourth-order valence-electron chi connectivity index (χ4n) is 1.18. The standard InChI is InChI=1S/C11H8F2N2O/c12-9-2-1-3-10(11(9)13)16-8-4-7(14)5-15-6-8/h1-6H,14H2. The topological polar surface area (TPSA) is 48.1 Å². The summed E-state index contributed by atoms with van der Waals surface area (Å²) in [6.07, 6.45) is 2.79. The number of rotatable bonds is 2. The number of nitrogens with zero attached hydrogens (tertiary/aromatic N) is 1. The lowest BCUT2D eigenvalue weighted by atomic mass is 10.3. The molecule has 2 rings (SSSR count). The van der Waals surface area contributed by atoms with E-state index in [-0.39, 0.29) is 11.5 Å². The van der Waals surface area contributed by atoms with Crippen LogP contribution in [0.1, 0.15) is 0 Å². The van der Waals surface area contributed by atoms with E-state index in [0.29, 0.717) is 5.69 Å². The Balaban J connectivity index is 2.31. The van der Waals surface area contributed by atoms with Gasteiger partial charge in [0.15, 0.2) is 11.6 Å². The zero-order valence-corrected chi connectivity index (χ0v) is 8.15. The monoisotopic (exact) mass is 222 g/mol. The molecule has 3 nitrogen and oxygen atoms in total. The molecule has 2 aromatic rings. The second-order valence-corrected chi connectivity index (χ2v) is 3.11. The Hall–Kier alpha value is -2.17. The summed E-state index contributed by atoms with van der Waals surface area (Å²) in [6, 6.07) is 5.16. The van der Waals surface area contributed by atoms with E-state index in [0.717, 1.165) is 6.07 Å². The fraction of sp³-hybridized carbons (Fsp3) is 0. The lowest BCUT2D eigenvalue weighted by Crippen LogP contribution is -1.93. The van der Waals surface area contributed by atoms with Crippen molar-refractivity contribution in [1.82, 2.24) is 4.98 Å². The first-order valence-corrected chi connectivity index (χ1v) is 4.49. The molecule has 5 heteroatoms. The van der Waals surface area contributed by atoms with E-state index < -0.39 is 11.6 Å². The molecule has 0 fully saturated rings. The second-order valence-electron chi connectivity index (χ2n) is 3.11. The van der Waals surface area contributed by atoms with E-state index in [4.69, 9.17) is 10.5 Å². The molecule has 0 saturated carbocycles.